The predicted octanol–water partition coefficient (Wildman–Crippen LogP) is 7.71. The maximum atomic E-state index is 16.0. The zero-order chi connectivity index (χ0) is 44.1. The number of hydrogen-bond acceptors (Lipinski definition) is 8. The van der Waals surface area contributed by atoms with Crippen LogP contribution in [-0.4, -0.2) is 107 Å². The van der Waals surface area contributed by atoms with Gasteiger partial charge in [0.15, 0.2) is 0 Å². The van der Waals surface area contributed by atoms with Gasteiger partial charge in [0.25, 0.3) is 5.92 Å². The fraction of sp³-hybridized carbons (Fsp3) is 0.442. The maximum absolute atomic E-state index is 16.0. The highest BCUT2D eigenvalue weighted by Crippen LogP contribution is 2.42. The fourth-order valence-corrected chi connectivity index (χ4v) is 11.4. The zero-order valence-corrected chi connectivity index (χ0v) is 36.4. The Morgan fingerprint density at radius 1 is 0.836 bits per heavy atom. The average Bonchev–Trinajstić information content (AvgIpc) is 4.01. The van der Waals surface area contributed by atoms with Crippen LogP contribution in [0, 0.1) is 17.7 Å². The summed E-state index contributed by atoms with van der Waals surface area (Å²) >= 11 is 0. The van der Waals surface area contributed by atoms with Crippen LogP contribution < -0.4 is 10.6 Å². The first-order valence-electron chi connectivity index (χ1n) is 20.2. The smallest absolute Gasteiger partial charge is 0.407 e. The van der Waals surface area contributed by atoms with E-state index in [-0.39, 0.29) is 23.7 Å². The minimum Gasteiger partial charge on any atom is -0.453 e. The van der Waals surface area contributed by atoms with Crippen LogP contribution in [0.15, 0.2) is 54.7 Å². The normalized spacial score (nSPS) is 19.4. The highest BCUT2D eigenvalue weighted by atomic mass is 28.3. The van der Waals surface area contributed by atoms with E-state index < -0.39 is 74.9 Å². The van der Waals surface area contributed by atoms with E-state index in [0.29, 0.717) is 34.4 Å². The van der Waals surface area contributed by atoms with E-state index >= 15 is 4.39 Å². The van der Waals surface area contributed by atoms with Gasteiger partial charge >= 0.3 is 12.2 Å². The summed E-state index contributed by atoms with van der Waals surface area (Å²) in [5.74, 6) is -4.39. The number of benzene rings is 3. The molecule has 2 aliphatic heterocycles. The number of H-pyrrole nitrogens is 2. The second-order valence-corrected chi connectivity index (χ2v) is 22.6. The summed E-state index contributed by atoms with van der Waals surface area (Å²) in [4.78, 5) is 70.3. The molecule has 61 heavy (non-hydrogen) atoms. The van der Waals surface area contributed by atoms with Crippen molar-refractivity contribution in [1.29, 1.82) is 0 Å². The second-order valence-electron chi connectivity index (χ2n) is 17.5. The SMILES string of the molecule is COC(=O)N[C@H](C(=O)N1CC(F)(F)C[C@H]1c1ncc(-c2ccc(-c3ccc4c(ccc5[nH]c([C@@H]6C[Si](C)(C)CN6C(=O)[C@@H](NC(=O)OC)C(C)C)nc54)c3)c(F)c2)[nH]1)C(C)C. The summed E-state index contributed by atoms with van der Waals surface area (Å²) in [5, 5.41) is 6.83. The summed E-state index contributed by atoms with van der Waals surface area (Å²) in [6.45, 7) is 10.8. The molecule has 4 heterocycles. The van der Waals surface area contributed by atoms with E-state index in [0.717, 1.165) is 39.9 Å². The van der Waals surface area contributed by atoms with E-state index in [4.69, 9.17) is 9.72 Å². The minimum atomic E-state index is -3.20. The van der Waals surface area contributed by atoms with Crippen LogP contribution in [0.25, 0.3) is 44.2 Å². The van der Waals surface area contributed by atoms with Crippen molar-refractivity contribution < 1.29 is 41.8 Å². The topological polar surface area (TPSA) is 175 Å². The lowest BCUT2D eigenvalue weighted by molar-refractivity contribution is -0.137. The van der Waals surface area contributed by atoms with Crippen LogP contribution in [0.1, 0.15) is 57.8 Å². The van der Waals surface area contributed by atoms with Gasteiger partial charge in [-0.25, -0.2) is 32.7 Å². The highest BCUT2D eigenvalue weighted by molar-refractivity contribution is 6.78. The molecular weight excluding hydrogens is 810 g/mol. The van der Waals surface area contributed by atoms with E-state index in [1.165, 1.54) is 19.4 Å². The Bertz CT molecular complexity index is 2510. The largest absolute Gasteiger partial charge is 0.453 e. The molecular formula is C43H51F3N8O6Si. The number of amides is 4. The van der Waals surface area contributed by atoms with Gasteiger partial charge in [-0.3, -0.25) is 9.59 Å². The number of hydrogen-bond donors (Lipinski definition) is 4. The number of carbonyl (C=O) groups is 4. The van der Waals surface area contributed by atoms with Crippen LogP contribution in [0.4, 0.5) is 22.8 Å². The lowest BCUT2D eigenvalue weighted by Crippen LogP contribution is -2.52. The number of aromatic amines is 2. The number of carbonyl (C=O) groups excluding carboxylic acids is 4. The number of alkyl carbamates (subject to hydrolysis) is 2. The van der Waals surface area contributed by atoms with Crippen LogP contribution in [0.5, 0.6) is 0 Å². The number of aromatic nitrogens is 4. The average molecular weight is 861 g/mol. The van der Waals surface area contributed by atoms with Crippen molar-refractivity contribution in [2.75, 3.05) is 26.9 Å². The molecule has 18 heteroatoms. The molecule has 0 saturated carbocycles. The van der Waals surface area contributed by atoms with Crippen LogP contribution in [0.3, 0.4) is 0 Å². The van der Waals surface area contributed by atoms with Gasteiger partial charge in [-0.15, -0.1) is 0 Å². The number of nitrogens with zero attached hydrogens (tertiary/aromatic N) is 4. The first-order valence-corrected chi connectivity index (χ1v) is 23.7. The molecule has 0 aliphatic carbocycles. The minimum absolute atomic E-state index is 0.112. The van der Waals surface area contributed by atoms with Crippen molar-refractivity contribution in [3.05, 3.63) is 72.2 Å². The number of nitrogens with one attached hydrogen (secondary N) is 4. The van der Waals surface area contributed by atoms with Crippen molar-refractivity contribution >= 4 is 53.9 Å². The third-order valence-electron chi connectivity index (χ3n) is 11.6. The third-order valence-corrected chi connectivity index (χ3v) is 14.3. The Balaban J connectivity index is 1.13. The number of imidazole rings is 2. The highest BCUT2D eigenvalue weighted by Gasteiger charge is 2.50. The maximum Gasteiger partial charge on any atom is 0.407 e. The Morgan fingerprint density at radius 3 is 2.10 bits per heavy atom. The van der Waals surface area contributed by atoms with E-state index in [1.54, 1.807) is 26.0 Å². The summed E-state index contributed by atoms with van der Waals surface area (Å²) in [5.41, 5.74) is 3.27. The standard InChI is InChI=1S/C43H51F3N8O6Si/c1-22(2)34(51-41(57)59-5)39(55)53-20-43(45,46)17-32(53)37-47-18-31(49-37)26-10-12-27(29(44)16-26)24-9-13-28-25(15-24)11-14-30-36(28)50-38(48-30)33-19-61(7,8)21-54(33)40(56)35(23(3)4)52-42(58)60-6/h9-16,18,22-23,32-35H,17,19-21H2,1-8H3,(H,47,49)(H,48,50)(H,51,57)(H,52,58)/t32-,33-,34-,35-/m0/s1. The van der Waals surface area contributed by atoms with Gasteiger partial charge in [0.1, 0.15) is 29.5 Å². The molecule has 2 fully saturated rings. The summed E-state index contributed by atoms with van der Waals surface area (Å²) in [7, 11) is 0.571. The molecule has 3 aromatic carbocycles. The van der Waals surface area contributed by atoms with Gasteiger partial charge in [0.2, 0.25) is 11.8 Å². The summed E-state index contributed by atoms with van der Waals surface area (Å²) in [6.07, 6.45) is -0.160. The first-order chi connectivity index (χ1) is 28.8. The Morgan fingerprint density at radius 2 is 1.48 bits per heavy atom. The van der Waals surface area contributed by atoms with Crippen LogP contribution >= 0.6 is 0 Å². The second kappa shape index (κ2) is 16.5. The molecule has 7 rings (SSSR count). The third kappa shape index (κ3) is 8.67. The first kappa shape index (κ1) is 43.2. The van der Waals surface area contributed by atoms with Crippen molar-refractivity contribution in [3.63, 3.8) is 0 Å². The Labute approximate surface area is 352 Å². The fourth-order valence-electron chi connectivity index (χ4n) is 8.51. The van der Waals surface area contributed by atoms with Gasteiger partial charge in [0.05, 0.1) is 63.8 Å². The molecule has 2 aliphatic rings. The number of fused-ring (bicyclic) bond motifs is 3. The Hall–Kier alpha value is -5.91. The van der Waals surface area contributed by atoms with Crippen molar-refractivity contribution in [2.45, 2.75) is 83.3 Å². The molecule has 4 N–H and O–H groups in total. The molecule has 324 valence electrons. The molecule has 0 radical (unpaired) electrons. The van der Waals surface area contributed by atoms with Gasteiger partial charge in [-0.2, -0.15) is 0 Å². The van der Waals surface area contributed by atoms with Gasteiger partial charge in [-0.1, -0.05) is 71.1 Å². The van der Waals surface area contributed by atoms with Gasteiger partial charge < -0.3 is 39.9 Å². The van der Waals surface area contributed by atoms with Gasteiger partial charge in [0, 0.05) is 29.1 Å². The molecule has 2 aromatic heterocycles. The molecule has 2 saturated heterocycles. The van der Waals surface area contributed by atoms with Crippen molar-refractivity contribution in [1.82, 2.24) is 40.4 Å². The number of methoxy groups -OCH3 is 2. The summed E-state index contributed by atoms with van der Waals surface area (Å²) < 4.78 is 55.1. The molecule has 0 spiro atoms. The number of ether oxygens (including phenoxy) is 2. The predicted molar refractivity (Wildman–Crippen MR) is 226 cm³/mol. The molecule has 14 nitrogen and oxygen atoms in total. The molecule has 0 bridgehead atoms. The number of rotatable bonds is 10. The van der Waals surface area contributed by atoms with Gasteiger partial charge in [-0.05, 0) is 47.0 Å². The molecule has 5 aromatic rings. The quantitative estimate of drug-likeness (QED) is 0.103. The molecule has 0 unspecified atom stereocenters. The lowest BCUT2D eigenvalue weighted by atomic mass is 9.98. The lowest BCUT2D eigenvalue weighted by Gasteiger charge is -2.30. The number of alkyl halides is 2. The number of likely N-dealkylation sites (tertiary alicyclic amines) is 1. The molecule has 4 atom stereocenters. The van der Waals surface area contributed by atoms with E-state index in [2.05, 4.69) is 43.4 Å². The van der Waals surface area contributed by atoms with E-state index in [9.17, 15) is 28.0 Å². The van der Waals surface area contributed by atoms with E-state index in [1.807, 2.05) is 49.1 Å². The van der Waals surface area contributed by atoms with Crippen LogP contribution in [-0.2, 0) is 19.1 Å². The van der Waals surface area contributed by atoms with Crippen LogP contribution in [0.2, 0.25) is 19.1 Å². The summed E-state index contributed by atoms with van der Waals surface area (Å²) in [6, 6.07) is 11.6. The van der Waals surface area contributed by atoms with Crippen molar-refractivity contribution in [3.8, 4) is 22.4 Å². The Kier molecular flexibility index (Phi) is 11.7. The van der Waals surface area contributed by atoms with Crippen molar-refractivity contribution in [2.24, 2.45) is 11.8 Å². The zero-order valence-electron chi connectivity index (χ0n) is 35.4. The monoisotopic (exact) mass is 860 g/mol. The number of halogens is 3. The molecule has 4 amide bonds.